The van der Waals surface area contributed by atoms with Gasteiger partial charge in [-0.05, 0) is 12.1 Å². The van der Waals surface area contributed by atoms with E-state index in [1.54, 1.807) is 6.33 Å². The van der Waals surface area contributed by atoms with Crippen LogP contribution >= 0.6 is 0 Å². The Labute approximate surface area is 88.0 Å². The van der Waals surface area contributed by atoms with Crippen LogP contribution in [0.3, 0.4) is 0 Å². The van der Waals surface area contributed by atoms with Crippen molar-refractivity contribution in [2.45, 2.75) is 13.1 Å². The van der Waals surface area contributed by atoms with Gasteiger partial charge in [-0.2, -0.15) is 0 Å². The zero-order valence-corrected chi connectivity index (χ0v) is 8.35. The molecule has 0 radical (unpaired) electrons. The SMILES string of the molecule is c1ncc(-c2ccc3n2CCNC3)cn1. The van der Waals surface area contributed by atoms with Gasteiger partial charge in [-0.1, -0.05) is 0 Å². The summed E-state index contributed by atoms with van der Waals surface area (Å²) in [6, 6.07) is 4.30. The van der Waals surface area contributed by atoms with Crippen LogP contribution in [0, 0.1) is 0 Å². The monoisotopic (exact) mass is 200 g/mol. The molecule has 1 aliphatic rings. The molecule has 2 aromatic rings. The molecule has 4 heteroatoms. The summed E-state index contributed by atoms with van der Waals surface area (Å²) >= 11 is 0. The van der Waals surface area contributed by atoms with Gasteiger partial charge in [0.2, 0.25) is 0 Å². The number of hydrogen-bond acceptors (Lipinski definition) is 3. The van der Waals surface area contributed by atoms with E-state index in [0.29, 0.717) is 0 Å². The molecule has 3 heterocycles. The molecule has 0 saturated heterocycles. The molecule has 3 rings (SSSR count). The summed E-state index contributed by atoms with van der Waals surface area (Å²) in [6.07, 6.45) is 5.28. The smallest absolute Gasteiger partial charge is 0.115 e. The molecule has 0 atom stereocenters. The van der Waals surface area contributed by atoms with Gasteiger partial charge in [0.05, 0.1) is 5.69 Å². The van der Waals surface area contributed by atoms with Gasteiger partial charge in [0.25, 0.3) is 0 Å². The van der Waals surface area contributed by atoms with Crippen LogP contribution in [-0.2, 0) is 13.1 Å². The van der Waals surface area contributed by atoms with Crippen molar-refractivity contribution in [3.63, 3.8) is 0 Å². The van der Waals surface area contributed by atoms with Gasteiger partial charge in [-0.25, -0.2) is 9.97 Å². The molecule has 1 N–H and O–H groups in total. The van der Waals surface area contributed by atoms with E-state index in [9.17, 15) is 0 Å². The molecule has 0 fully saturated rings. The Balaban J connectivity index is 2.09. The Kier molecular flexibility index (Phi) is 1.99. The van der Waals surface area contributed by atoms with Crippen molar-refractivity contribution in [2.24, 2.45) is 0 Å². The summed E-state index contributed by atoms with van der Waals surface area (Å²) in [6.45, 7) is 3.00. The molecule has 0 aromatic carbocycles. The van der Waals surface area contributed by atoms with Crippen LogP contribution in [0.2, 0.25) is 0 Å². The van der Waals surface area contributed by atoms with E-state index >= 15 is 0 Å². The molecule has 1 aliphatic heterocycles. The largest absolute Gasteiger partial charge is 0.342 e. The number of hydrogen-bond donors (Lipinski definition) is 1. The second kappa shape index (κ2) is 3.47. The first-order chi connectivity index (χ1) is 7.45. The van der Waals surface area contributed by atoms with Gasteiger partial charge in [0.15, 0.2) is 0 Å². The highest BCUT2D eigenvalue weighted by molar-refractivity contribution is 5.58. The summed E-state index contributed by atoms with van der Waals surface area (Å²) in [7, 11) is 0. The fourth-order valence-electron chi connectivity index (χ4n) is 2.02. The van der Waals surface area contributed by atoms with Gasteiger partial charge in [-0.3, -0.25) is 0 Å². The first-order valence-electron chi connectivity index (χ1n) is 5.09. The minimum atomic E-state index is 0.952. The average molecular weight is 200 g/mol. The summed E-state index contributed by atoms with van der Waals surface area (Å²) < 4.78 is 2.33. The number of nitrogens with zero attached hydrogens (tertiary/aromatic N) is 3. The lowest BCUT2D eigenvalue weighted by atomic mass is 10.2. The summed E-state index contributed by atoms with van der Waals surface area (Å²) in [5.74, 6) is 0. The minimum absolute atomic E-state index is 0.952. The van der Waals surface area contributed by atoms with Crippen molar-refractivity contribution in [3.05, 3.63) is 36.5 Å². The van der Waals surface area contributed by atoms with Gasteiger partial charge < -0.3 is 9.88 Å². The van der Waals surface area contributed by atoms with E-state index in [1.165, 1.54) is 11.4 Å². The quantitative estimate of drug-likeness (QED) is 0.748. The number of fused-ring (bicyclic) bond motifs is 1. The number of aromatic nitrogens is 3. The van der Waals surface area contributed by atoms with E-state index in [2.05, 4.69) is 32.0 Å². The van der Waals surface area contributed by atoms with Crippen LogP contribution in [0.15, 0.2) is 30.9 Å². The Morgan fingerprint density at radius 1 is 1.20 bits per heavy atom. The van der Waals surface area contributed by atoms with Crippen molar-refractivity contribution in [1.82, 2.24) is 19.9 Å². The molecule has 15 heavy (non-hydrogen) atoms. The highest BCUT2D eigenvalue weighted by atomic mass is 15.1. The first kappa shape index (κ1) is 8.61. The van der Waals surface area contributed by atoms with Crippen LogP contribution in [0.25, 0.3) is 11.3 Å². The molecule has 2 aromatic heterocycles. The number of nitrogens with one attached hydrogen (secondary N) is 1. The third-order valence-corrected chi connectivity index (χ3v) is 2.75. The molecule has 0 saturated carbocycles. The van der Waals surface area contributed by atoms with Gasteiger partial charge in [-0.15, -0.1) is 0 Å². The third kappa shape index (κ3) is 1.43. The van der Waals surface area contributed by atoms with Crippen molar-refractivity contribution >= 4 is 0 Å². The normalized spacial score (nSPS) is 14.9. The van der Waals surface area contributed by atoms with E-state index in [4.69, 9.17) is 0 Å². The Bertz CT molecular complexity index is 461. The second-order valence-electron chi connectivity index (χ2n) is 3.67. The molecule has 0 spiro atoms. The van der Waals surface area contributed by atoms with Crippen LogP contribution < -0.4 is 5.32 Å². The maximum Gasteiger partial charge on any atom is 0.115 e. The highest BCUT2D eigenvalue weighted by Crippen LogP contribution is 2.22. The average Bonchev–Trinajstić information content (AvgIpc) is 2.74. The fourth-order valence-corrected chi connectivity index (χ4v) is 2.02. The molecule has 76 valence electrons. The van der Waals surface area contributed by atoms with Crippen LogP contribution in [0.4, 0.5) is 0 Å². The zero-order valence-electron chi connectivity index (χ0n) is 8.35. The molecule has 0 unspecified atom stereocenters. The molecule has 0 amide bonds. The van der Waals surface area contributed by atoms with E-state index < -0.39 is 0 Å². The van der Waals surface area contributed by atoms with Gasteiger partial charge in [0, 0.05) is 43.3 Å². The molecule has 0 bridgehead atoms. The van der Waals surface area contributed by atoms with Crippen molar-refractivity contribution in [1.29, 1.82) is 0 Å². The van der Waals surface area contributed by atoms with Crippen molar-refractivity contribution in [2.75, 3.05) is 6.54 Å². The molecular weight excluding hydrogens is 188 g/mol. The van der Waals surface area contributed by atoms with Gasteiger partial charge in [0.1, 0.15) is 6.33 Å². The Morgan fingerprint density at radius 2 is 2.07 bits per heavy atom. The molecular formula is C11H12N4. The second-order valence-corrected chi connectivity index (χ2v) is 3.67. The topological polar surface area (TPSA) is 42.7 Å². The van der Waals surface area contributed by atoms with Gasteiger partial charge >= 0.3 is 0 Å². The Morgan fingerprint density at radius 3 is 2.93 bits per heavy atom. The lowest BCUT2D eigenvalue weighted by Crippen LogP contribution is -2.27. The first-order valence-corrected chi connectivity index (χ1v) is 5.09. The van der Waals surface area contributed by atoms with Crippen molar-refractivity contribution in [3.8, 4) is 11.3 Å². The van der Waals surface area contributed by atoms with Crippen molar-refractivity contribution < 1.29 is 0 Å². The fraction of sp³-hybridized carbons (Fsp3) is 0.273. The van der Waals surface area contributed by atoms with Crippen LogP contribution in [0.5, 0.6) is 0 Å². The van der Waals surface area contributed by atoms with E-state index in [0.717, 1.165) is 25.2 Å². The predicted molar refractivity (Wildman–Crippen MR) is 57.2 cm³/mol. The predicted octanol–water partition coefficient (Wildman–Crippen LogP) is 1.05. The molecule has 0 aliphatic carbocycles. The maximum atomic E-state index is 4.05. The lowest BCUT2D eigenvalue weighted by molar-refractivity contribution is 0.520. The standard InChI is InChI=1S/C11H12N4/c1-2-11(9-5-13-8-14-6-9)15-4-3-12-7-10(1)15/h1-2,5-6,8,12H,3-4,7H2. The van der Waals surface area contributed by atoms with Crippen LogP contribution in [-0.4, -0.2) is 21.1 Å². The van der Waals surface area contributed by atoms with E-state index in [1.807, 2.05) is 12.4 Å². The van der Waals surface area contributed by atoms with E-state index in [-0.39, 0.29) is 0 Å². The minimum Gasteiger partial charge on any atom is -0.342 e. The summed E-state index contributed by atoms with van der Waals surface area (Å²) in [5.41, 5.74) is 3.64. The zero-order chi connectivity index (χ0) is 10.1. The highest BCUT2D eigenvalue weighted by Gasteiger charge is 2.12. The maximum absolute atomic E-state index is 4.05. The Hall–Kier alpha value is -1.68. The summed E-state index contributed by atoms with van der Waals surface area (Å²) in [5, 5.41) is 3.35. The lowest BCUT2D eigenvalue weighted by Gasteiger charge is -2.18. The third-order valence-electron chi connectivity index (χ3n) is 2.75. The van der Waals surface area contributed by atoms with Crippen LogP contribution in [0.1, 0.15) is 5.69 Å². The summed E-state index contributed by atoms with van der Waals surface area (Å²) in [4.78, 5) is 8.10. The molecule has 4 nitrogen and oxygen atoms in total. The number of rotatable bonds is 1.